The number of hydrogen-bond acceptors (Lipinski definition) is 4. The van der Waals surface area contributed by atoms with Crippen molar-refractivity contribution >= 4 is 17.3 Å². The molecule has 0 radical (unpaired) electrons. The van der Waals surface area contributed by atoms with Crippen molar-refractivity contribution in [3.63, 3.8) is 0 Å². The number of hydrogen-bond donors (Lipinski definition) is 1. The molecule has 1 aromatic carbocycles. The first kappa shape index (κ1) is 11.7. The van der Waals surface area contributed by atoms with Gasteiger partial charge in [-0.15, -0.1) is 0 Å². The van der Waals surface area contributed by atoms with Crippen LogP contribution in [0.5, 0.6) is 0 Å². The molecule has 2 N–H and O–H groups in total. The molecule has 6 heteroatoms. The van der Waals surface area contributed by atoms with E-state index in [0.29, 0.717) is 16.7 Å². The van der Waals surface area contributed by atoms with Gasteiger partial charge in [0, 0.05) is 23.6 Å². The van der Waals surface area contributed by atoms with Crippen molar-refractivity contribution in [3.05, 3.63) is 54.1 Å². The second-order valence-electron chi connectivity index (χ2n) is 3.95. The third kappa shape index (κ3) is 2.28. The molecule has 0 bridgehead atoms. The Bertz CT molecular complexity index is 705. The van der Waals surface area contributed by atoms with Crippen LogP contribution < -0.4 is 5.73 Å². The van der Waals surface area contributed by atoms with Gasteiger partial charge >= 0.3 is 0 Å². The molecule has 0 aliphatic carbocycles. The van der Waals surface area contributed by atoms with Crippen LogP contribution in [-0.2, 0) is 0 Å². The first-order valence-corrected chi connectivity index (χ1v) is 5.99. The maximum Gasteiger partial charge on any atom is 0.235 e. The van der Waals surface area contributed by atoms with Crippen molar-refractivity contribution in [2.75, 3.05) is 5.73 Å². The summed E-state index contributed by atoms with van der Waals surface area (Å²) in [6, 6.07) is 7.50. The maximum atomic E-state index is 5.79. The number of benzene rings is 1. The van der Waals surface area contributed by atoms with Gasteiger partial charge in [0.25, 0.3) is 0 Å². The SMILES string of the molecule is Nc1cccc(-c2nccn2-c2ncc(Cl)cn2)c1. The maximum absolute atomic E-state index is 5.79. The monoisotopic (exact) mass is 271 g/mol. The molecule has 3 aromatic rings. The third-order valence-electron chi connectivity index (χ3n) is 2.61. The van der Waals surface area contributed by atoms with Crippen LogP contribution in [0, 0.1) is 0 Å². The number of halogens is 1. The molecule has 3 rings (SSSR count). The molecule has 0 saturated heterocycles. The lowest BCUT2D eigenvalue weighted by Gasteiger charge is -2.06. The molecule has 0 fully saturated rings. The van der Waals surface area contributed by atoms with Crippen LogP contribution in [0.3, 0.4) is 0 Å². The Morgan fingerprint density at radius 3 is 2.63 bits per heavy atom. The molecule has 0 aliphatic heterocycles. The van der Waals surface area contributed by atoms with Crippen LogP contribution in [0.4, 0.5) is 5.69 Å². The van der Waals surface area contributed by atoms with E-state index in [1.807, 2.05) is 24.3 Å². The molecule has 19 heavy (non-hydrogen) atoms. The van der Waals surface area contributed by atoms with Crippen LogP contribution >= 0.6 is 11.6 Å². The Kier molecular flexibility index (Phi) is 2.89. The molecule has 0 atom stereocenters. The summed E-state index contributed by atoms with van der Waals surface area (Å²) in [6.45, 7) is 0. The zero-order chi connectivity index (χ0) is 13.2. The van der Waals surface area contributed by atoms with Gasteiger partial charge in [0.1, 0.15) is 5.82 Å². The fraction of sp³-hybridized carbons (Fsp3) is 0. The number of aromatic nitrogens is 4. The highest BCUT2D eigenvalue weighted by molar-refractivity contribution is 6.30. The van der Waals surface area contributed by atoms with E-state index in [-0.39, 0.29) is 0 Å². The highest BCUT2D eigenvalue weighted by Gasteiger charge is 2.09. The quantitative estimate of drug-likeness (QED) is 0.727. The minimum atomic E-state index is 0.495. The second-order valence-corrected chi connectivity index (χ2v) is 4.38. The Balaban J connectivity index is 2.10. The molecular formula is C13H10ClN5. The van der Waals surface area contributed by atoms with Crippen molar-refractivity contribution < 1.29 is 0 Å². The number of rotatable bonds is 2. The number of imidazole rings is 1. The Morgan fingerprint density at radius 2 is 1.89 bits per heavy atom. The first-order chi connectivity index (χ1) is 9.24. The van der Waals surface area contributed by atoms with Gasteiger partial charge in [-0.05, 0) is 12.1 Å². The fourth-order valence-electron chi connectivity index (χ4n) is 1.79. The molecule has 5 nitrogen and oxygen atoms in total. The second kappa shape index (κ2) is 4.70. The van der Waals surface area contributed by atoms with Crippen LogP contribution in [0.2, 0.25) is 5.02 Å². The molecule has 2 aromatic heterocycles. The minimum absolute atomic E-state index is 0.495. The van der Waals surface area contributed by atoms with Gasteiger partial charge in [0.15, 0.2) is 0 Å². The summed E-state index contributed by atoms with van der Waals surface area (Å²) >= 11 is 5.78. The molecule has 0 amide bonds. The Hall–Kier alpha value is -2.40. The van der Waals surface area contributed by atoms with Crippen molar-refractivity contribution in [1.29, 1.82) is 0 Å². The molecule has 0 spiro atoms. The number of nitrogens with zero attached hydrogens (tertiary/aromatic N) is 4. The average Bonchev–Trinajstić information content (AvgIpc) is 2.89. The summed E-state index contributed by atoms with van der Waals surface area (Å²) in [5, 5.41) is 0.495. The van der Waals surface area contributed by atoms with Gasteiger partial charge in [0.05, 0.1) is 17.4 Å². The standard InChI is InChI=1S/C13H10ClN5/c14-10-7-17-13(18-8-10)19-5-4-16-12(19)9-2-1-3-11(15)6-9/h1-8H,15H2. The van der Waals surface area contributed by atoms with E-state index in [4.69, 9.17) is 17.3 Å². The molecule has 0 aliphatic rings. The van der Waals surface area contributed by atoms with Gasteiger partial charge in [0.2, 0.25) is 5.95 Å². The largest absolute Gasteiger partial charge is 0.399 e. The van der Waals surface area contributed by atoms with Crippen LogP contribution in [-0.4, -0.2) is 19.5 Å². The third-order valence-corrected chi connectivity index (χ3v) is 2.80. The lowest BCUT2D eigenvalue weighted by molar-refractivity contribution is 0.933. The van der Waals surface area contributed by atoms with Crippen molar-refractivity contribution in [2.24, 2.45) is 0 Å². The number of nitrogens with two attached hydrogens (primary N) is 1. The van der Waals surface area contributed by atoms with Gasteiger partial charge in [-0.25, -0.2) is 15.0 Å². The Labute approximate surface area is 114 Å². The smallest absolute Gasteiger partial charge is 0.235 e. The highest BCUT2D eigenvalue weighted by atomic mass is 35.5. The number of nitrogen functional groups attached to an aromatic ring is 1. The zero-order valence-electron chi connectivity index (χ0n) is 9.86. The fourth-order valence-corrected chi connectivity index (χ4v) is 1.88. The molecular weight excluding hydrogens is 262 g/mol. The van der Waals surface area contributed by atoms with Crippen LogP contribution in [0.1, 0.15) is 0 Å². The highest BCUT2D eigenvalue weighted by Crippen LogP contribution is 2.21. The van der Waals surface area contributed by atoms with Gasteiger partial charge in [-0.1, -0.05) is 23.7 Å². The van der Waals surface area contributed by atoms with Crippen LogP contribution in [0.25, 0.3) is 17.3 Å². The summed E-state index contributed by atoms with van der Waals surface area (Å²) < 4.78 is 1.78. The summed E-state index contributed by atoms with van der Waals surface area (Å²) in [7, 11) is 0. The van der Waals surface area contributed by atoms with E-state index in [9.17, 15) is 0 Å². The van der Waals surface area contributed by atoms with Gasteiger partial charge in [-0.3, -0.25) is 4.57 Å². The van der Waals surface area contributed by atoms with E-state index in [1.54, 1.807) is 29.4 Å². The van der Waals surface area contributed by atoms with Crippen LogP contribution in [0.15, 0.2) is 49.1 Å². The average molecular weight is 272 g/mol. The van der Waals surface area contributed by atoms with Crippen molar-refractivity contribution in [1.82, 2.24) is 19.5 Å². The number of anilines is 1. The summed E-state index contributed by atoms with van der Waals surface area (Å²) in [4.78, 5) is 12.7. The minimum Gasteiger partial charge on any atom is -0.399 e. The van der Waals surface area contributed by atoms with E-state index < -0.39 is 0 Å². The van der Waals surface area contributed by atoms with Gasteiger partial charge in [-0.2, -0.15) is 0 Å². The molecule has 2 heterocycles. The van der Waals surface area contributed by atoms with Crippen molar-refractivity contribution in [2.45, 2.75) is 0 Å². The normalized spacial score (nSPS) is 10.6. The Morgan fingerprint density at radius 1 is 1.11 bits per heavy atom. The van der Waals surface area contributed by atoms with E-state index in [2.05, 4.69) is 15.0 Å². The lowest BCUT2D eigenvalue weighted by atomic mass is 10.2. The first-order valence-electron chi connectivity index (χ1n) is 5.61. The summed E-state index contributed by atoms with van der Waals surface area (Å²) in [5.41, 5.74) is 7.38. The molecule has 0 unspecified atom stereocenters. The van der Waals surface area contributed by atoms with E-state index in [1.165, 1.54) is 0 Å². The predicted octanol–water partition coefficient (Wildman–Crippen LogP) is 2.56. The topological polar surface area (TPSA) is 69.6 Å². The molecule has 0 saturated carbocycles. The lowest BCUT2D eigenvalue weighted by Crippen LogP contribution is -2.01. The molecule has 94 valence electrons. The zero-order valence-corrected chi connectivity index (χ0v) is 10.6. The van der Waals surface area contributed by atoms with Crippen molar-refractivity contribution in [3.8, 4) is 17.3 Å². The van der Waals surface area contributed by atoms with E-state index >= 15 is 0 Å². The predicted molar refractivity (Wildman–Crippen MR) is 74.0 cm³/mol. The summed E-state index contributed by atoms with van der Waals surface area (Å²) in [5.74, 6) is 1.24. The summed E-state index contributed by atoms with van der Waals surface area (Å²) in [6.07, 6.45) is 6.58. The van der Waals surface area contributed by atoms with Gasteiger partial charge < -0.3 is 5.73 Å². The van der Waals surface area contributed by atoms with E-state index in [0.717, 1.165) is 11.4 Å².